The molecule has 0 aliphatic carbocycles. The second-order valence-electron chi connectivity index (χ2n) is 5.51. The number of nitrogens with one attached hydrogen (secondary N) is 2. The molecule has 2 atom stereocenters. The quantitative estimate of drug-likeness (QED) is 0.763. The molecule has 1 aromatic rings. The summed E-state index contributed by atoms with van der Waals surface area (Å²) in [6, 6.07) is 7.67. The molecule has 1 aromatic carbocycles. The Bertz CT molecular complexity index is 566. The highest BCUT2D eigenvalue weighted by molar-refractivity contribution is 6.28. The average Bonchev–Trinajstić information content (AvgIpc) is 2.50. The monoisotopic (exact) mass is 319 g/mol. The number of carbonyl (C=O) groups excluding carboxylic acids is 1. The molecule has 2 N–H and O–H groups in total. The maximum absolute atomic E-state index is 11.9. The Morgan fingerprint density at radius 1 is 1.36 bits per heavy atom. The van der Waals surface area contributed by atoms with Crippen molar-refractivity contribution >= 4 is 29.5 Å². The molecular weight excluding hydrogens is 298 g/mol. The van der Waals surface area contributed by atoms with E-state index in [0.29, 0.717) is 18.2 Å². The van der Waals surface area contributed by atoms with Gasteiger partial charge in [-0.2, -0.15) is 0 Å². The van der Waals surface area contributed by atoms with E-state index in [1.165, 1.54) is 18.4 Å². The number of rotatable bonds is 5. The Kier molecular flexibility index (Phi) is 6.01. The Labute approximate surface area is 136 Å². The number of nitrogens with zero attached hydrogens (tertiary/aromatic N) is 1. The maximum Gasteiger partial charge on any atom is 0.324 e. The van der Waals surface area contributed by atoms with E-state index in [0.717, 1.165) is 5.69 Å². The molecule has 0 aromatic heterocycles. The minimum atomic E-state index is -0.300. The third-order valence-electron chi connectivity index (χ3n) is 3.61. The molecule has 5 heteroatoms. The highest BCUT2D eigenvalue weighted by atomic mass is 35.5. The number of amides is 2. The molecule has 1 aliphatic heterocycles. The van der Waals surface area contributed by atoms with Crippen LogP contribution in [0.1, 0.15) is 44.6 Å². The third kappa shape index (κ3) is 4.88. The zero-order valence-corrected chi connectivity index (χ0v) is 13.7. The van der Waals surface area contributed by atoms with Crippen LogP contribution >= 0.6 is 11.6 Å². The van der Waals surface area contributed by atoms with Gasteiger partial charge in [0.2, 0.25) is 0 Å². The summed E-state index contributed by atoms with van der Waals surface area (Å²) in [6.07, 6.45) is 6.45. The molecule has 2 rings (SSSR count). The number of hydrogen-bond donors (Lipinski definition) is 2. The number of urea groups is 1. The molecule has 0 saturated heterocycles. The number of aliphatic imine (C=N–C) groups is 1. The van der Waals surface area contributed by atoms with Gasteiger partial charge < -0.3 is 5.32 Å². The summed E-state index contributed by atoms with van der Waals surface area (Å²) in [6.45, 7) is 4.40. The molecule has 2 amide bonds. The summed E-state index contributed by atoms with van der Waals surface area (Å²) < 4.78 is 0. The molecule has 1 heterocycles. The van der Waals surface area contributed by atoms with Crippen LogP contribution in [0, 0.1) is 0 Å². The van der Waals surface area contributed by atoms with Gasteiger partial charge in [-0.25, -0.2) is 9.79 Å². The van der Waals surface area contributed by atoms with Crippen molar-refractivity contribution in [2.75, 3.05) is 5.32 Å². The highest BCUT2D eigenvalue weighted by Crippen LogP contribution is 2.22. The van der Waals surface area contributed by atoms with E-state index < -0.39 is 0 Å². The smallest absolute Gasteiger partial charge is 0.308 e. The van der Waals surface area contributed by atoms with Crippen LogP contribution in [0.2, 0.25) is 0 Å². The first kappa shape index (κ1) is 16.6. The fourth-order valence-electron chi connectivity index (χ4n) is 2.36. The first-order chi connectivity index (χ1) is 10.6. The minimum Gasteiger partial charge on any atom is -0.308 e. The van der Waals surface area contributed by atoms with Crippen molar-refractivity contribution in [1.29, 1.82) is 0 Å². The molecule has 4 nitrogen and oxygen atoms in total. The van der Waals surface area contributed by atoms with E-state index in [1.54, 1.807) is 6.21 Å². The molecule has 0 fully saturated rings. The summed E-state index contributed by atoms with van der Waals surface area (Å²) in [5.41, 5.74) is 2.06. The first-order valence-electron chi connectivity index (χ1n) is 7.65. The van der Waals surface area contributed by atoms with Crippen LogP contribution in [0.4, 0.5) is 10.5 Å². The summed E-state index contributed by atoms with van der Waals surface area (Å²) >= 11 is 5.89. The molecule has 2 unspecified atom stereocenters. The van der Waals surface area contributed by atoms with E-state index in [2.05, 4.69) is 41.6 Å². The van der Waals surface area contributed by atoms with Crippen molar-refractivity contribution in [1.82, 2.24) is 5.32 Å². The highest BCUT2D eigenvalue weighted by Gasteiger charge is 2.10. The van der Waals surface area contributed by atoms with Crippen molar-refractivity contribution in [2.45, 2.75) is 44.4 Å². The number of allylic oxidation sites excluding steroid dienone is 1. The summed E-state index contributed by atoms with van der Waals surface area (Å²) in [5.74, 6) is 1.07. The van der Waals surface area contributed by atoms with Gasteiger partial charge in [-0.1, -0.05) is 32.4 Å². The standard InChI is InChI=1S/C17H22ClN3O/c1-3-4-12(2)13-5-8-15(9-6-13)20-17(22)21-16-10-7-14(18)11-19-16/h5-6,8-12,14H,3-4,7H2,1-2H3,(H2,20,21,22). The molecule has 118 valence electrons. The van der Waals surface area contributed by atoms with E-state index in [4.69, 9.17) is 11.6 Å². The normalized spacial score (nSPS) is 18.5. The van der Waals surface area contributed by atoms with Gasteiger partial charge in [0.15, 0.2) is 0 Å². The van der Waals surface area contributed by atoms with Gasteiger partial charge in [0.1, 0.15) is 5.82 Å². The lowest BCUT2D eigenvalue weighted by Crippen LogP contribution is -2.28. The van der Waals surface area contributed by atoms with E-state index in [1.807, 2.05) is 18.2 Å². The Morgan fingerprint density at radius 3 is 2.68 bits per heavy atom. The van der Waals surface area contributed by atoms with Gasteiger partial charge in [-0.15, -0.1) is 11.6 Å². The maximum atomic E-state index is 11.9. The van der Waals surface area contributed by atoms with Crippen molar-refractivity contribution < 1.29 is 4.79 Å². The van der Waals surface area contributed by atoms with E-state index in [9.17, 15) is 4.79 Å². The molecule has 0 saturated carbocycles. The molecule has 1 aliphatic rings. The Hall–Kier alpha value is -1.81. The van der Waals surface area contributed by atoms with Crippen LogP contribution < -0.4 is 10.6 Å². The zero-order chi connectivity index (χ0) is 15.9. The molecule has 0 spiro atoms. The Morgan fingerprint density at radius 2 is 2.09 bits per heavy atom. The first-order valence-corrected chi connectivity index (χ1v) is 8.08. The van der Waals surface area contributed by atoms with E-state index in [-0.39, 0.29) is 11.4 Å². The fraction of sp³-hybridized carbons (Fsp3) is 0.412. The number of halogens is 1. The number of alkyl halides is 1. The lowest BCUT2D eigenvalue weighted by atomic mass is 9.96. The van der Waals surface area contributed by atoms with Gasteiger partial charge >= 0.3 is 6.03 Å². The lowest BCUT2D eigenvalue weighted by molar-refractivity contribution is 0.254. The van der Waals surface area contributed by atoms with Gasteiger partial charge in [0, 0.05) is 11.9 Å². The van der Waals surface area contributed by atoms with Crippen molar-refractivity contribution in [3.63, 3.8) is 0 Å². The molecular formula is C17H22ClN3O. The molecule has 0 radical (unpaired) electrons. The predicted octanol–water partition coefficient (Wildman–Crippen LogP) is 4.64. The van der Waals surface area contributed by atoms with Crippen LogP contribution in [-0.2, 0) is 0 Å². The summed E-state index contributed by atoms with van der Waals surface area (Å²) in [7, 11) is 0. The van der Waals surface area contributed by atoms with Crippen LogP contribution in [0.25, 0.3) is 0 Å². The van der Waals surface area contributed by atoms with Gasteiger partial charge in [0.05, 0.1) is 5.38 Å². The largest absolute Gasteiger partial charge is 0.324 e. The lowest BCUT2D eigenvalue weighted by Gasteiger charge is -2.13. The summed E-state index contributed by atoms with van der Waals surface area (Å²) in [5, 5.41) is 5.41. The number of benzene rings is 1. The van der Waals surface area contributed by atoms with Crippen molar-refractivity contribution in [3.05, 3.63) is 41.7 Å². The van der Waals surface area contributed by atoms with Gasteiger partial charge in [-0.3, -0.25) is 5.32 Å². The topological polar surface area (TPSA) is 53.5 Å². The Balaban J connectivity index is 1.88. The number of anilines is 1. The van der Waals surface area contributed by atoms with Crippen LogP contribution in [0.3, 0.4) is 0 Å². The molecule has 22 heavy (non-hydrogen) atoms. The second-order valence-corrected chi connectivity index (χ2v) is 6.07. The summed E-state index contributed by atoms with van der Waals surface area (Å²) in [4.78, 5) is 16.0. The van der Waals surface area contributed by atoms with Gasteiger partial charge in [0.25, 0.3) is 0 Å². The van der Waals surface area contributed by atoms with Crippen molar-refractivity contribution in [2.24, 2.45) is 4.99 Å². The van der Waals surface area contributed by atoms with Crippen molar-refractivity contribution in [3.8, 4) is 0 Å². The molecule has 0 bridgehead atoms. The average molecular weight is 320 g/mol. The van der Waals surface area contributed by atoms with Crippen LogP contribution in [-0.4, -0.2) is 17.6 Å². The second kappa shape index (κ2) is 7.99. The minimum absolute atomic E-state index is 0.0914. The van der Waals surface area contributed by atoms with Crippen LogP contribution in [0.5, 0.6) is 0 Å². The SMILES string of the molecule is CCCC(C)c1ccc(NC(=O)NC2=CCC(Cl)C=N2)cc1. The predicted molar refractivity (Wildman–Crippen MR) is 92.8 cm³/mol. The van der Waals surface area contributed by atoms with Gasteiger partial charge in [-0.05, 0) is 42.5 Å². The fourth-order valence-corrected chi connectivity index (χ4v) is 2.50. The zero-order valence-electron chi connectivity index (χ0n) is 13.0. The van der Waals surface area contributed by atoms with E-state index >= 15 is 0 Å². The number of carbonyl (C=O) groups is 1. The van der Waals surface area contributed by atoms with Crippen LogP contribution in [0.15, 0.2) is 41.2 Å². The third-order valence-corrected chi connectivity index (χ3v) is 3.90. The number of hydrogen-bond acceptors (Lipinski definition) is 2.